The summed E-state index contributed by atoms with van der Waals surface area (Å²) in [6.07, 6.45) is 1.27. The molecule has 3 rings (SSSR count). The standard InChI is InChI=1S/C18H17ClFN3O4S/c19-14-8-3-11(17(24)22-15-2-1-9-21-18(15)25)10-16(14)23-28(26,27)13-6-4-12(20)5-7-13/h3-8,10,15,23H,1-2,9H2,(H,21,25)(H,22,24). The maximum absolute atomic E-state index is 13.0. The highest BCUT2D eigenvalue weighted by Crippen LogP contribution is 2.26. The molecule has 1 aliphatic heterocycles. The molecule has 1 unspecified atom stereocenters. The molecular formula is C18H17ClFN3O4S. The molecule has 2 aromatic carbocycles. The molecule has 0 spiro atoms. The van der Waals surface area contributed by atoms with E-state index < -0.39 is 27.8 Å². The fourth-order valence-electron chi connectivity index (χ4n) is 2.71. The average molecular weight is 426 g/mol. The van der Waals surface area contributed by atoms with Crippen LogP contribution < -0.4 is 15.4 Å². The van der Waals surface area contributed by atoms with Crippen LogP contribution in [0.25, 0.3) is 0 Å². The van der Waals surface area contributed by atoms with Crippen molar-refractivity contribution in [2.24, 2.45) is 0 Å². The average Bonchev–Trinajstić information content (AvgIpc) is 2.65. The third-order valence-corrected chi connectivity index (χ3v) is 5.90. The second-order valence-corrected chi connectivity index (χ2v) is 8.30. The molecule has 1 atom stereocenters. The highest BCUT2D eigenvalue weighted by atomic mass is 35.5. The number of halogens is 2. The van der Waals surface area contributed by atoms with Gasteiger partial charge in [0.25, 0.3) is 15.9 Å². The molecule has 28 heavy (non-hydrogen) atoms. The van der Waals surface area contributed by atoms with Gasteiger partial charge >= 0.3 is 0 Å². The number of hydrogen-bond acceptors (Lipinski definition) is 4. The molecule has 7 nitrogen and oxygen atoms in total. The number of amides is 2. The Morgan fingerprint density at radius 3 is 2.57 bits per heavy atom. The van der Waals surface area contributed by atoms with Crippen molar-refractivity contribution in [2.45, 2.75) is 23.8 Å². The summed E-state index contributed by atoms with van der Waals surface area (Å²) in [6.45, 7) is 0.571. The van der Waals surface area contributed by atoms with Crippen molar-refractivity contribution in [3.05, 3.63) is 58.9 Å². The number of hydrogen-bond donors (Lipinski definition) is 3. The number of sulfonamides is 1. The molecule has 10 heteroatoms. The van der Waals surface area contributed by atoms with Crippen molar-refractivity contribution < 1.29 is 22.4 Å². The predicted octanol–water partition coefficient (Wildman–Crippen LogP) is 2.29. The molecule has 0 aliphatic carbocycles. The number of carbonyl (C=O) groups excluding carboxylic acids is 2. The predicted molar refractivity (Wildman–Crippen MR) is 102 cm³/mol. The Kier molecular flexibility index (Phi) is 5.85. The normalized spacial score (nSPS) is 16.9. The van der Waals surface area contributed by atoms with Gasteiger partial charge in [-0.05, 0) is 55.3 Å². The number of anilines is 1. The van der Waals surface area contributed by atoms with Crippen LogP contribution in [0.5, 0.6) is 0 Å². The Bertz CT molecular complexity index is 1010. The first-order chi connectivity index (χ1) is 13.3. The second-order valence-electron chi connectivity index (χ2n) is 6.21. The van der Waals surface area contributed by atoms with E-state index in [1.165, 1.54) is 18.2 Å². The van der Waals surface area contributed by atoms with Gasteiger partial charge in [0.05, 0.1) is 15.6 Å². The van der Waals surface area contributed by atoms with Crippen molar-refractivity contribution in [1.82, 2.24) is 10.6 Å². The van der Waals surface area contributed by atoms with E-state index in [1.54, 1.807) is 0 Å². The Labute approximate surface area is 166 Å². The minimum absolute atomic E-state index is 0.00765. The molecule has 0 saturated carbocycles. The zero-order chi connectivity index (χ0) is 20.3. The number of piperidine rings is 1. The van der Waals surface area contributed by atoms with E-state index >= 15 is 0 Å². The van der Waals surface area contributed by atoms with Crippen LogP contribution in [0.1, 0.15) is 23.2 Å². The Morgan fingerprint density at radius 2 is 1.89 bits per heavy atom. The van der Waals surface area contributed by atoms with Crippen LogP contribution in [0.3, 0.4) is 0 Å². The van der Waals surface area contributed by atoms with Crippen molar-refractivity contribution in [3.8, 4) is 0 Å². The van der Waals surface area contributed by atoms with Crippen molar-refractivity contribution >= 4 is 39.1 Å². The minimum Gasteiger partial charge on any atom is -0.354 e. The van der Waals surface area contributed by atoms with Crippen LogP contribution in [-0.4, -0.2) is 32.8 Å². The van der Waals surface area contributed by atoms with E-state index in [4.69, 9.17) is 11.6 Å². The van der Waals surface area contributed by atoms with E-state index in [9.17, 15) is 22.4 Å². The summed E-state index contributed by atoms with van der Waals surface area (Å²) in [5.41, 5.74) is 0.131. The summed E-state index contributed by atoms with van der Waals surface area (Å²) in [4.78, 5) is 24.1. The molecule has 2 aromatic rings. The van der Waals surface area contributed by atoms with Crippen LogP contribution in [0, 0.1) is 5.82 Å². The van der Waals surface area contributed by atoms with Gasteiger partial charge in [-0.3, -0.25) is 14.3 Å². The summed E-state index contributed by atoms with van der Waals surface area (Å²) in [7, 11) is -4.03. The summed E-state index contributed by atoms with van der Waals surface area (Å²) in [5, 5.41) is 5.37. The fourth-order valence-corrected chi connectivity index (χ4v) is 4.00. The summed E-state index contributed by atoms with van der Waals surface area (Å²) < 4.78 is 40.2. The quantitative estimate of drug-likeness (QED) is 0.683. The molecule has 3 N–H and O–H groups in total. The van der Waals surface area contributed by atoms with Crippen molar-refractivity contribution in [2.75, 3.05) is 11.3 Å². The highest BCUT2D eigenvalue weighted by Gasteiger charge is 2.24. The van der Waals surface area contributed by atoms with E-state index in [0.29, 0.717) is 13.0 Å². The molecule has 1 saturated heterocycles. The Balaban J connectivity index is 1.80. The van der Waals surface area contributed by atoms with Gasteiger partial charge in [-0.2, -0.15) is 0 Å². The second kappa shape index (κ2) is 8.15. The minimum atomic E-state index is -4.03. The SMILES string of the molecule is O=C(NC1CCCNC1=O)c1ccc(Cl)c(NS(=O)(=O)c2ccc(F)cc2)c1. The van der Waals surface area contributed by atoms with E-state index in [1.807, 2.05) is 0 Å². The summed E-state index contributed by atoms with van der Waals surface area (Å²) >= 11 is 6.05. The number of rotatable bonds is 5. The molecule has 0 bridgehead atoms. The van der Waals surface area contributed by atoms with Crippen molar-refractivity contribution in [1.29, 1.82) is 0 Å². The van der Waals surface area contributed by atoms with E-state index in [2.05, 4.69) is 15.4 Å². The Hall–Kier alpha value is -2.65. The topological polar surface area (TPSA) is 104 Å². The molecule has 1 aliphatic rings. The largest absolute Gasteiger partial charge is 0.354 e. The lowest BCUT2D eigenvalue weighted by Gasteiger charge is -2.22. The van der Waals surface area contributed by atoms with Gasteiger partial charge in [0.2, 0.25) is 5.91 Å². The van der Waals surface area contributed by atoms with Crippen LogP contribution in [0.15, 0.2) is 47.4 Å². The monoisotopic (exact) mass is 425 g/mol. The maximum Gasteiger partial charge on any atom is 0.261 e. The lowest BCUT2D eigenvalue weighted by atomic mass is 10.1. The molecule has 0 aromatic heterocycles. The molecule has 1 heterocycles. The van der Waals surface area contributed by atoms with Gasteiger partial charge in [-0.15, -0.1) is 0 Å². The highest BCUT2D eigenvalue weighted by molar-refractivity contribution is 7.92. The van der Waals surface area contributed by atoms with Gasteiger partial charge < -0.3 is 10.6 Å². The van der Waals surface area contributed by atoms with E-state index in [-0.39, 0.29) is 27.1 Å². The van der Waals surface area contributed by atoms with Gasteiger partial charge in [-0.25, -0.2) is 12.8 Å². The zero-order valence-electron chi connectivity index (χ0n) is 14.5. The molecular weight excluding hydrogens is 409 g/mol. The first-order valence-corrected chi connectivity index (χ1v) is 10.3. The number of carbonyl (C=O) groups is 2. The fraction of sp³-hybridized carbons (Fsp3) is 0.222. The smallest absolute Gasteiger partial charge is 0.261 e. The lowest BCUT2D eigenvalue weighted by molar-refractivity contribution is -0.124. The third kappa shape index (κ3) is 4.60. The van der Waals surface area contributed by atoms with Crippen LogP contribution >= 0.6 is 11.6 Å². The lowest BCUT2D eigenvalue weighted by Crippen LogP contribution is -2.50. The van der Waals surface area contributed by atoms with Gasteiger partial charge in [0, 0.05) is 12.1 Å². The summed E-state index contributed by atoms with van der Waals surface area (Å²) in [5.74, 6) is -1.35. The van der Waals surface area contributed by atoms with Gasteiger partial charge in [-0.1, -0.05) is 11.6 Å². The first-order valence-electron chi connectivity index (χ1n) is 8.43. The van der Waals surface area contributed by atoms with Crippen LogP contribution in [-0.2, 0) is 14.8 Å². The van der Waals surface area contributed by atoms with Gasteiger partial charge in [0.1, 0.15) is 11.9 Å². The Morgan fingerprint density at radius 1 is 1.18 bits per heavy atom. The zero-order valence-corrected chi connectivity index (χ0v) is 16.1. The number of benzene rings is 2. The van der Waals surface area contributed by atoms with E-state index in [0.717, 1.165) is 30.7 Å². The molecule has 0 radical (unpaired) electrons. The molecule has 1 fully saturated rings. The summed E-state index contributed by atoms with van der Waals surface area (Å²) in [6, 6.07) is 7.71. The first kappa shape index (κ1) is 20.1. The van der Waals surface area contributed by atoms with Crippen LogP contribution in [0.4, 0.5) is 10.1 Å². The van der Waals surface area contributed by atoms with Crippen molar-refractivity contribution in [3.63, 3.8) is 0 Å². The molecule has 2 amide bonds. The third-order valence-electron chi connectivity index (χ3n) is 4.19. The number of nitrogens with one attached hydrogen (secondary N) is 3. The van der Waals surface area contributed by atoms with Gasteiger partial charge in [0.15, 0.2) is 0 Å². The molecule has 148 valence electrons. The maximum atomic E-state index is 13.0. The van der Waals surface area contributed by atoms with Crippen LogP contribution in [0.2, 0.25) is 5.02 Å².